The zero-order chi connectivity index (χ0) is 21.0. The lowest BCUT2D eigenvalue weighted by atomic mass is 10.1. The summed E-state index contributed by atoms with van der Waals surface area (Å²) in [4.78, 5) is 48.4. The molecule has 0 radical (unpaired) electrons. The SMILES string of the molecule is COC(=O)C1=C(Nc2cc(C(=O)OC)c(C)c([N+](=O)[O-])c2)C(=O)N(CCO)C1. The third-order valence-corrected chi connectivity index (χ3v) is 4.21. The van der Waals surface area contributed by atoms with Crippen LogP contribution < -0.4 is 5.32 Å². The van der Waals surface area contributed by atoms with E-state index in [4.69, 9.17) is 5.11 Å². The van der Waals surface area contributed by atoms with Crippen molar-refractivity contribution < 1.29 is 33.9 Å². The first-order chi connectivity index (χ1) is 13.2. The molecule has 0 unspecified atom stereocenters. The van der Waals surface area contributed by atoms with Crippen molar-refractivity contribution in [1.82, 2.24) is 4.90 Å². The van der Waals surface area contributed by atoms with E-state index < -0.39 is 22.8 Å². The van der Waals surface area contributed by atoms with E-state index >= 15 is 0 Å². The third-order valence-electron chi connectivity index (χ3n) is 4.21. The number of rotatable bonds is 7. The number of amides is 1. The van der Waals surface area contributed by atoms with E-state index in [-0.39, 0.29) is 53.5 Å². The quantitative estimate of drug-likeness (QED) is 0.380. The van der Waals surface area contributed by atoms with Gasteiger partial charge in [-0.15, -0.1) is 0 Å². The molecule has 1 heterocycles. The average Bonchev–Trinajstić information content (AvgIpc) is 2.97. The molecule has 0 aliphatic carbocycles. The summed E-state index contributed by atoms with van der Waals surface area (Å²) in [7, 11) is 2.29. The van der Waals surface area contributed by atoms with Crippen LogP contribution >= 0.6 is 0 Å². The Balaban J connectivity index is 2.53. The van der Waals surface area contributed by atoms with Crippen LogP contribution in [0.3, 0.4) is 0 Å². The second-order valence-corrected chi connectivity index (χ2v) is 5.84. The largest absolute Gasteiger partial charge is 0.466 e. The number of nitrogens with zero attached hydrogens (tertiary/aromatic N) is 2. The highest BCUT2D eigenvalue weighted by atomic mass is 16.6. The molecule has 0 spiro atoms. The third kappa shape index (κ3) is 3.93. The van der Waals surface area contributed by atoms with Crippen molar-refractivity contribution in [2.24, 2.45) is 0 Å². The lowest BCUT2D eigenvalue weighted by Crippen LogP contribution is -2.31. The van der Waals surface area contributed by atoms with Crippen LogP contribution in [0.2, 0.25) is 0 Å². The summed E-state index contributed by atoms with van der Waals surface area (Å²) >= 11 is 0. The Bertz CT molecular complexity index is 877. The summed E-state index contributed by atoms with van der Waals surface area (Å²) < 4.78 is 9.32. The molecule has 0 atom stereocenters. The minimum absolute atomic E-state index is 0.00351. The van der Waals surface area contributed by atoms with Crippen LogP contribution in [0.1, 0.15) is 15.9 Å². The molecule has 0 aromatic heterocycles. The fourth-order valence-electron chi connectivity index (χ4n) is 2.78. The number of esters is 2. The van der Waals surface area contributed by atoms with Gasteiger partial charge in [0.05, 0.1) is 43.4 Å². The fraction of sp³-hybridized carbons (Fsp3) is 0.353. The fourth-order valence-corrected chi connectivity index (χ4v) is 2.78. The summed E-state index contributed by atoms with van der Waals surface area (Å²) in [5.41, 5.74) is -0.407. The van der Waals surface area contributed by atoms with Crippen molar-refractivity contribution in [3.8, 4) is 0 Å². The van der Waals surface area contributed by atoms with Gasteiger partial charge in [-0.3, -0.25) is 14.9 Å². The van der Waals surface area contributed by atoms with E-state index in [0.29, 0.717) is 0 Å². The Morgan fingerprint density at radius 1 is 1.29 bits per heavy atom. The first-order valence-corrected chi connectivity index (χ1v) is 8.11. The lowest BCUT2D eigenvalue weighted by molar-refractivity contribution is -0.385. The Morgan fingerprint density at radius 3 is 2.46 bits per heavy atom. The van der Waals surface area contributed by atoms with E-state index in [9.17, 15) is 24.5 Å². The molecule has 1 aromatic carbocycles. The molecule has 28 heavy (non-hydrogen) atoms. The van der Waals surface area contributed by atoms with Gasteiger partial charge in [-0.2, -0.15) is 0 Å². The monoisotopic (exact) mass is 393 g/mol. The molecule has 0 saturated heterocycles. The Morgan fingerprint density at radius 2 is 1.93 bits per heavy atom. The number of carbonyl (C=O) groups excluding carboxylic acids is 3. The lowest BCUT2D eigenvalue weighted by Gasteiger charge is -2.15. The number of aliphatic hydroxyl groups excluding tert-OH is 1. The van der Waals surface area contributed by atoms with Crippen LogP contribution in [-0.4, -0.2) is 66.7 Å². The van der Waals surface area contributed by atoms with Gasteiger partial charge in [0.2, 0.25) is 0 Å². The highest BCUT2D eigenvalue weighted by Crippen LogP contribution is 2.30. The first-order valence-electron chi connectivity index (χ1n) is 8.11. The zero-order valence-electron chi connectivity index (χ0n) is 15.5. The Hall–Kier alpha value is -3.47. The molecule has 1 aliphatic rings. The number of nitro groups is 1. The molecule has 2 N–H and O–H groups in total. The molecule has 0 bridgehead atoms. The summed E-state index contributed by atoms with van der Waals surface area (Å²) in [6.07, 6.45) is 0. The van der Waals surface area contributed by atoms with Gasteiger partial charge in [0, 0.05) is 23.9 Å². The summed E-state index contributed by atoms with van der Waals surface area (Å²) in [6, 6.07) is 2.43. The second kappa shape index (κ2) is 8.48. The van der Waals surface area contributed by atoms with Crippen molar-refractivity contribution in [3.63, 3.8) is 0 Å². The Labute approximate surface area is 159 Å². The van der Waals surface area contributed by atoms with Gasteiger partial charge in [-0.05, 0) is 13.0 Å². The van der Waals surface area contributed by atoms with E-state index in [1.54, 1.807) is 0 Å². The van der Waals surface area contributed by atoms with Gasteiger partial charge >= 0.3 is 11.9 Å². The molecule has 0 fully saturated rings. The molecule has 11 heteroatoms. The average molecular weight is 393 g/mol. The Kier molecular flexibility index (Phi) is 6.31. The van der Waals surface area contributed by atoms with E-state index in [2.05, 4.69) is 14.8 Å². The highest BCUT2D eigenvalue weighted by Gasteiger charge is 2.35. The van der Waals surface area contributed by atoms with E-state index in [0.717, 1.165) is 20.3 Å². The summed E-state index contributed by atoms with van der Waals surface area (Å²) in [6.45, 7) is 0.991. The number of benzene rings is 1. The molecular weight excluding hydrogens is 374 g/mol. The number of hydrogen-bond donors (Lipinski definition) is 2. The predicted octanol–water partition coefficient (Wildman–Crippen LogP) is 0.363. The molecule has 0 saturated carbocycles. The maximum absolute atomic E-state index is 12.6. The zero-order valence-corrected chi connectivity index (χ0v) is 15.5. The van der Waals surface area contributed by atoms with Crippen LogP contribution in [0.25, 0.3) is 0 Å². The molecular formula is C17H19N3O8. The minimum Gasteiger partial charge on any atom is -0.466 e. The molecule has 1 aromatic rings. The van der Waals surface area contributed by atoms with E-state index in [1.165, 1.54) is 17.9 Å². The van der Waals surface area contributed by atoms with Crippen molar-refractivity contribution in [1.29, 1.82) is 0 Å². The van der Waals surface area contributed by atoms with Crippen molar-refractivity contribution in [2.75, 3.05) is 39.2 Å². The summed E-state index contributed by atoms with van der Waals surface area (Å²) in [5, 5.41) is 23.1. The molecule has 2 rings (SSSR count). The van der Waals surface area contributed by atoms with E-state index in [1.807, 2.05) is 0 Å². The van der Waals surface area contributed by atoms with Gasteiger partial charge in [-0.25, -0.2) is 9.59 Å². The maximum atomic E-state index is 12.6. The van der Waals surface area contributed by atoms with Gasteiger partial charge in [-0.1, -0.05) is 0 Å². The van der Waals surface area contributed by atoms with Gasteiger partial charge < -0.3 is 24.8 Å². The van der Waals surface area contributed by atoms with Crippen molar-refractivity contribution >= 4 is 29.2 Å². The number of methoxy groups -OCH3 is 2. The highest BCUT2D eigenvalue weighted by molar-refractivity contribution is 6.08. The number of ether oxygens (including phenoxy) is 2. The van der Waals surface area contributed by atoms with Crippen LogP contribution in [0.5, 0.6) is 0 Å². The predicted molar refractivity (Wildman–Crippen MR) is 95.5 cm³/mol. The van der Waals surface area contributed by atoms with Gasteiger partial charge in [0.25, 0.3) is 11.6 Å². The molecule has 11 nitrogen and oxygen atoms in total. The van der Waals surface area contributed by atoms with Crippen LogP contribution in [0.15, 0.2) is 23.4 Å². The van der Waals surface area contributed by atoms with Gasteiger partial charge in [0.15, 0.2) is 0 Å². The van der Waals surface area contributed by atoms with Crippen molar-refractivity contribution in [2.45, 2.75) is 6.92 Å². The molecule has 1 aliphatic heterocycles. The van der Waals surface area contributed by atoms with Crippen LogP contribution in [0.4, 0.5) is 11.4 Å². The number of nitrogens with one attached hydrogen (secondary N) is 1. The summed E-state index contributed by atoms with van der Waals surface area (Å²) in [5.74, 6) is -2.13. The normalized spacial score (nSPS) is 13.6. The standard InChI is InChI=1S/C17H19N3O8/c1-9-11(16(23)27-2)6-10(7-13(9)20(25)26)18-14-12(17(24)28-3)8-19(4-5-21)15(14)22/h6-7,18,21H,4-5,8H2,1-3H3. The maximum Gasteiger partial charge on any atom is 0.338 e. The van der Waals surface area contributed by atoms with Gasteiger partial charge in [0.1, 0.15) is 5.70 Å². The van der Waals surface area contributed by atoms with Crippen molar-refractivity contribution in [3.05, 3.63) is 44.6 Å². The molecule has 1 amide bonds. The smallest absolute Gasteiger partial charge is 0.338 e. The second-order valence-electron chi connectivity index (χ2n) is 5.84. The topological polar surface area (TPSA) is 148 Å². The number of β-amino-alcohol motifs (C(OH)–C–C–N with tert-alkyl or cyclic N) is 1. The number of carbonyl (C=O) groups is 3. The van der Waals surface area contributed by atoms with Crippen LogP contribution in [-0.2, 0) is 19.1 Å². The number of hydrogen-bond acceptors (Lipinski definition) is 9. The first kappa shape index (κ1) is 20.8. The number of nitro benzene ring substituents is 1. The minimum atomic E-state index is -0.786. The van der Waals surface area contributed by atoms with Crippen LogP contribution in [0, 0.1) is 17.0 Å². The number of anilines is 1. The molecule has 150 valence electrons. The number of aliphatic hydroxyl groups is 1.